The minimum absolute atomic E-state index is 0.0910. The number of methoxy groups -OCH3 is 1. The number of ether oxygens (including phenoxy) is 2. The number of nitro groups is 1. The third kappa shape index (κ3) is 5.80. The Morgan fingerprint density at radius 3 is 2.53 bits per heavy atom. The average molecular weight is 488 g/mol. The zero-order valence-corrected chi connectivity index (χ0v) is 19.4. The van der Waals surface area contributed by atoms with Crippen LogP contribution < -0.4 is 9.47 Å². The molecular formula is C23H25N3O7S. The minimum atomic E-state index is -3.90. The maximum atomic E-state index is 12.9. The molecule has 2 aromatic rings. The van der Waals surface area contributed by atoms with Crippen molar-refractivity contribution in [2.24, 2.45) is 0 Å². The fraction of sp³-hybridized carbons (Fsp3) is 0.261. The first-order valence-corrected chi connectivity index (χ1v) is 11.8. The Morgan fingerprint density at radius 2 is 1.88 bits per heavy atom. The molecule has 0 saturated carbocycles. The molecule has 1 amide bonds. The van der Waals surface area contributed by atoms with Crippen molar-refractivity contribution in [1.29, 1.82) is 0 Å². The summed E-state index contributed by atoms with van der Waals surface area (Å²) in [6.45, 7) is 4.53. The normalized spacial score (nSPS) is 14.7. The fourth-order valence-corrected chi connectivity index (χ4v) is 4.85. The van der Waals surface area contributed by atoms with E-state index in [1.54, 1.807) is 35.3 Å². The molecule has 0 unspecified atom stereocenters. The highest BCUT2D eigenvalue weighted by molar-refractivity contribution is 7.89. The average Bonchev–Trinajstić information content (AvgIpc) is 2.86. The van der Waals surface area contributed by atoms with Gasteiger partial charge in [-0.05, 0) is 29.8 Å². The molecule has 10 nitrogen and oxygen atoms in total. The quantitative estimate of drug-likeness (QED) is 0.231. The number of nitro benzene ring substituents is 1. The van der Waals surface area contributed by atoms with E-state index in [0.29, 0.717) is 18.1 Å². The Bertz CT molecular complexity index is 1200. The highest BCUT2D eigenvalue weighted by Crippen LogP contribution is 2.28. The van der Waals surface area contributed by atoms with E-state index < -0.39 is 14.9 Å². The van der Waals surface area contributed by atoms with Crippen LogP contribution >= 0.6 is 0 Å². The number of carbonyl (C=O) groups excluding carboxylic acids is 1. The summed E-state index contributed by atoms with van der Waals surface area (Å²) >= 11 is 0. The van der Waals surface area contributed by atoms with E-state index in [4.69, 9.17) is 9.47 Å². The first kappa shape index (κ1) is 24.9. The van der Waals surface area contributed by atoms with Gasteiger partial charge in [-0.1, -0.05) is 24.8 Å². The molecule has 0 radical (unpaired) electrons. The number of carbonyl (C=O) groups is 1. The van der Waals surface area contributed by atoms with Crippen LogP contribution in [-0.2, 0) is 14.8 Å². The van der Waals surface area contributed by atoms with E-state index in [0.717, 1.165) is 11.6 Å². The summed E-state index contributed by atoms with van der Waals surface area (Å²) in [5.74, 6) is 0.835. The van der Waals surface area contributed by atoms with Crippen molar-refractivity contribution >= 4 is 27.7 Å². The molecule has 180 valence electrons. The summed E-state index contributed by atoms with van der Waals surface area (Å²) in [5.41, 5.74) is 0.444. The van der Waals surface area contributed by atoms with Crippen molar-refractivity contribution in [2.45, 2.75) is 4.90 Å². The summed E-state index contributed by atoms with van der Waals surface area (Å²) in [6.07, 6.45) is 4.69. The fourth-order valence-electron chi connectivity index (χ4n) is 3.38. The van der Waals surface area contributed by atoms with Crippen LogP contribution in [0.4, 0.5) is 5.69 Å². The maximum absolute atomic E-state index is 12.9. The molecule has 3 rings (SSSR count). The Kier molecular flexibility index (Phi) is 8.03. The highest BCUT2D eigenvalue weighted by Gasteiger charge is 2.30. The second-order valence-electron chi connectivity index (χ2n) is 7.33. The number of hydrogen-bond acceptors (Lipinski definition) is 7. The predicted octanol–water partition coefficient (Wildman–Crippen LogP) is 2.71. The molecule has 0 N–H and O–H groups in total. The number of piperazine rings is 1. The van der Waals surface area contributed by atoms with Gasteiger partial charge in [-0.2, -0.15) is 4.31 Å². The van der Waals surface area contributed by atoms with Crippen molar-refractivity contribution in [3.05, 3.63) is 76.9 Å². The number of benzene rings is 2. The largest absolute Gasteiger partial charge is 0.493 e. The van der Waals surface area contributed by atoms with Gasteiger partial charge in [-0.15, -0.1) is 0 Å². The number of hydrogen-bond donors (Lipinski definition) is 0. The molecule has 1 saturated heterocycles. The second-order valence-corrected chi connectivity index (χ2v) is 9.27. The highest BCUT2D eigenvalue weighted by atomic mass is 32.2. The molecule has 0 bridgehead atoms. The molecule has 0 spiro atoms. The summed E-state index contributed by atoms with van der Waals surface area (Å²) in [5, 5.41) is 11.0. The van der Waals surface area contributed by atoms with E-state index in [1.807, 2.05) is 0 Å². The Labute approximate surface area is 197 Å². The number of nitrogens with zero attached hydrogens (tertiary/aromatic N) is 3. The van der Waals surface area contributed by atoms with Gasteiger partial charge in [0.2, 0.25) is 15.9 Å². The third-order valence-electron chi connectivity index (χ3n) is 5.18. The van der Waals surface area contributed by atoms with Crippen LogP contribution in [0, 0.1) is 10.1 Å². The molecule has 2 aromatic carbocycles. The number of amides is 1. The van der Waals surface area contributed by atoms with E-state index in [1.165, 1.54) is 35.7 Å². The Hall–Kier alpha value is -3.70. The van der Waals surface area contributed by atoms with Gasteiger partial charge in [-0.3, -0.25) is 14.9 Å². The summed E-state index contributed by atoms with van der Waals surface area (Å²) in [6, 6.07) is 10.2. The lowest BCUT2D eigenvalue weighted by molar-refractivity contribution is -0.385. The van der Waals surface area contributed by atoms with Gasteiger partial charge in [0.15, 0.2) is 11.5 Å². The van der Waals surface area contributed by atoms with E-state index in [9.17, 15) is 23.3 Å². The first-order chi connectivity index (χ1) is 16.3. The standard InChI is InChI=1S/C23H25N3O7S/c1-3-15-33-21-9-7-18(16-22(21)32-2)8-10-23(27)24-11-13-25(14-12-24)34(30,31)20-6-4-5-19(17-20)26(28)29/h3-10,16-17H,1,11-15H2,2H3/b10-8+. The van der Waals surface area contributed by atoms with E-state index in [2.05, 4.69) is 6.58 Å². The van der Waals surface area contributed by atoms with Gasteiger partial charge in [0, 0.05) is 44.4 Å². The summed E-state index contributed by atoms with van der Waals surface area (Å²) < 4.78 is 37.8. The SMILES string of the molecule is C=CCOc1ccc(/C=C/C(=O)N2CCN(S(=O)(=O)c3cccc([N+](=O)[O-])c3)CC2)cc1OC. The van der Waals surface area contributed by atoms with Crippen LogP contribution in [-0.4, -0.2) is 68.3 Å². The summed E-state index contributed by atoms with van der Waals surface area (Å²) in [4.78, 5) is 24.3. The molecule has 34 heavy (non-hydrogen) atoms. The predicted molar refractivity (Wildman–Crippen MR) is 126 cm³/mol. The van der Waals surface area contributed by atoms with Crippen molar-refractivity contribution in [2.75, 3.05) is 39.9 Å². The zero-order valence-electron chi connectivity index (χ0n) is 18.6. The molecule has 1 aliphatic heterocycles. The molecular weight excluding hydrogens is 462 g/mol. The van der Waals surface area contributed by atoms with Gasteiger partial charge in [0.05, 0.1) is 16.9 Å². The zero-order chi connectivity index (χ0) is 24.7. The van der Waals surface area contributed by atoms with Gasteiger partial charge in [0.1, 0.15) is 6.61 Å². The van der Waals surface area contributed by atoms with Gasteiger partial charge < -0.3 is 14.4 Å². The van der Waals surface area contributed by atoms with Crippen LogP contribution in [0.1, 0.15) is 5.56 Å². The Balaban J connectivity index is 1.62. The van der Waals surface area contributed by atoms with Crippen LogP contribution in [0.2, 0.25) is 0 Å². The smallest absolute Gasteiger partial charge is 0.270 e. The van der Waals surface area contributed by atoms with Gasteiger partial charge in [-0.25, -0.2) is 8.42 Å². The molecule has 1 aliphatic rings. The van der Waals surface area contributed by atoms with Gasteiger partial charge in [0.25, 0.3) is 5.69 Å². The lowest BCUT2D eigenvalue weighted by atomic mass is 10.2. The van der Waals surface area contributed by atoms with Crippen LogP contribution in [0.3, 0.4) is 0 Å². The van der Waals surface area contributed by atoms with Gasteiger partial charge >= 0.3 is 0 Å². The lowest BCUT2D eigenvalue weighted by Gasteiger charge is -2.33. The maximum Gasteiger partial charge on any atom is 0.270 e. The number of non-ortho nitro benzene ring substituents is 1. The monoisotopic (exact) mass is 487 g/mol. The topological polar surface area (TPSA) is 119 Å². The van der Waals surface area contributed by atoms with E-state index in [-0.39, 0.29) is 42.7 Å². The van der Waals surface area contributed by atoms with Crippen molar-refractivity contribution in [3.63, 3.8) is 0 Å². The molecule has 1 heterocycles. The molecule has 11 heteroatoms. The number of sulfonamides is 1. The lowest BCUT2D eigenvalue weighted by Crippen LogP contribution is -2.50. The molecule has 0 aromatic heterocycles. The van der Waals surface area contributed by atoms with Crippen LogP contribution in [0.5, 0.6) is 11.5 Å². The van der Waals surface area contributed by atoms with Crippen LogP contribution in [0.25, 0.3) is 6.08 Å². The van der Waals surface area contributed by atoms with E-state index >= 15 is 0 Å². The second kappa shape index (κ2) is 10.9. The molecule has 1 fully saturated rings. The molecule has 0 atom stereocenters. The Morgan fingerprint density at radius 1 is 1.15 bits per heavy atom. The van der Waals surface area contributed by atoms with Crippen molar-refractivity contribution in [3.8, 4) is 11.5 Å². The first-order valence-electron chi connectivity index (χ1n) is 10.4. The van der Waals surface area contributed by atoms with Crippen LogP contribution in [0.15, 0.2) is 66.1 Å². The number of rotatable bonds is 9. The summed E-state index contributed by atoms with van der Waals surface area (Å²) in [7, 11) is -2.38. The minimum Gasteiger partial charge on any atom is -0.493 e. The van der Waals surface area contributed by atoms with Crippen molar-refractivity contribution in [1.82, 2.24) is 9.21 Å². The third-order valence-corrected chi connectivity index (χ3v) is 7.07. The van der Waals surface area contributed by atoms with Crippen molar-refractivity contribution < 1.29 is 27.6 Å². The molecule has 0 aliphatic carbocycles.